The molecule has 0 saturated heterocycles. The van der Waals surface area contributed by atoms with Crippen LogP contribution in [0, 0.1) is 0 Å². The van der Waals surface area contributed by atoms with Gasteiger partial charge in [-0.3, -0.25) is 0 Å². The van der Waals surface area contributed by atoms with E-state index in [9.17, 15) is 0 Å². The highest BCUT2D eigenvalue weighted by molar-refractivity contribution is 7.26. The highest BCUT2D eigenvalue weighted by Gasteiger charge is 2.41. The molecule has 0 fully saturated rings. The van der Waals surface area contributed by atoms with Gasteiger partial charge < -0.3 is 14.0 Å². The minimum atomic E-state index is -0.208. The maximum Gasteiger partial charge on any atom is 0.0638 e. The summed E-state index contributed by atoms with van der Waals surface area (Å²) in [6, 6.07) is 92.8. The molecule has 3 heterocycles. The van der Waals surface area contributed by atoms with Crippen molar-refractivity contribution in [3.63, 3.8) is 0 Å². The van der Waals surface area contributed by atoms with E-state index in [-0.39, 0.29) is 10.8 Å². The fourth-order valence-electron chi connectivity index (χ4n) is 13.9. The average molecular weight is 1020 g/mol. The lowest BCUT2D eigenvalue weighted by Gasteiger charge is -2.28. The van der Waals surface area contributed by atoms with E-state index < -0.39 is 0 Å². The summed E-state index contributed by atoms with van der Waals surface area (Å²) in [6.45, 7) is 9.56. The summed E-state index contributed by atoms with van der Waals surface area (Å²) in [5.74, 6) is 0. The number of rotatable bonds is 7. The van der Waals surface area contributed by atoms with Crippen molar-refractivity contribution < 1.29 is 0 Å². The fourth-order valence-corrected chi connectivity index (χ4v) is 15.1. The monoisotopic (exact) mass is 1020 g/mol. The standard InChI is InChI=1S/C74H53N3S/c1-73(2)62-27-14-11-22-55(62)56-40-39-53(45-64(56)73)75(50-33-30-47(31-34-50)46-18-7-5-8-19-46)51-35-37-52(38-36-51)76-65-42-32-48(54-25-17-26-58-57-23-13-16-29-67(57)78-72(54)58)44-61(65)68-66(76)43-41-60-69-71(59-24-12-15-28-63(59)74(69,3)4)77(70(60)68)49-20-9-6-10-21-49/h5-45H,1-4H3. The second-order valence-corrected chi connectivity index (χ2v) is 23.5. The minimum Gasteiger partial charge on any atom is -0.310 e. The molecule has 3 nitrogen and oxygen atoms in total. The van der Waals surface area contributed by atoms with Crippen molar-refractivity contribution in [1.29, 1.82) is 0 Å². The molecule has 11 aromatic carbocycles. The average Bonchev–Trinajstić information content (AvgIpc) is 4.15. The number of benzene rings is 11. The first-order valence-corrected chi connectivity index (χ1v) is 28.1. The molecule has 0 radical (unpaired) electrons. The molecule has 370 valence electrons. The third-order valence-corrected chi connectivity index (χ3v) is 18.7. The molecule has 0 saturated carbocycles. The van der Waals surface area contributed by atoms with Gasteiger partial charge in [-0.25, -0.2) is 0 Å². The molecule has 0 amide bonds. The Morgan fingerprint density at radius 3 is 1.72 bits per heavy atom. The molecule has 0 atom stereocenters. The zero-order valence-electron chi connectivity index (χ0n) is 43.9. The molecule has 0 spiro atoms. The van der Waals surface area contributed by atoms with E-state index in [1.54, 1.807) is 0 Å². The van der Waals surface area contributed by atoms with E-state index in [4.69, 9.17) is 0 Å². The lowest BCUT2D eigenvalue weighted by molar-refractivity contribution is 0.660. The molecule has 0 N–H and O–H groups in total. The number of thiophene rings is 1. The van der Waals surface area contributed by atoms with E-state index in [0.717, 1.165) is 28.4 Å². The maximum atomic E-state index is 2.59. The third kappa shape index (κ3) is 6.38. The van der Waals surface area contributed by atoms with Gasteiger partial charge in [-0.1, -0.05) is 191 Å². The predicted octanol–water partition coefficient (Wildman–Crippen LogP) is 20.5. The number of aromatic nitrogens is 2. The molecular weight excluding hydrogens is 963 g/mol. The molecule has 0 bridgehead atoms. The molecule has 16 rings (SSSR count). The molecule has 2 aliphatic rings. The van der Waals surface area contributed by atoms with Crippen LogP contribution in [0.25, 0.3) is 109 Å². The number of hydrogen-bond donors (Lipinski definition) is 0. The quantitative estimate of drug-likeness (QED) is 0.155. The van der Waals surface area contributed by atoms with Crippen molar-refractivity contribution >= 4 is 81.3 Å². The number of para-hydroxylation sites is 1. The summed E-state index contributed by atoms with van der Waals surface area (Å²) in [5.41, 5.74) is 24.5. The number of nitrogens with zero attached hydrogens (tertiary/aromatic N) is 3. The van der Waals surface area contributed by atoms with Crippen LogP contribution in [0.15, 0.2) is 249 Å². The summed E-state index contributed by atoms with van der Waals surface area (Å²) in [6.07, 6.45) is 0. The van der Waals surface area contributed by atoms with Gasteiger partial charge in [0.05, 0.1) is 22.2 Å². The van der Waals surface area contributed by atoms with Gasteiger partial charge in [0.2, 0.25) is 0 Å². The Kier molecular flexibility index (Phi) is 9.60. The van der Waals surface area contributed by atoms with Gasteiger partial charge in [0.1, 0.15) is 0 Å². The SMILES string of the molecule is CC1(C)c2ccccc2-c2ccc(N(c3ccc(-c4ccccc4)cc3)c3ccc(-n4c5ccc(-c6cccc7c6sc6ccccc67)cc5c5c6c(ccc54)c4c(n6-c5ccccc5)-c5ccccc5C4(C)C)cc3)cc21. The summed E-state index contributed by atoms with van der Waals surface area (Å²) >= 11 is 1.89. The molecule has 78 heavy (non-hydrogen) atoms. The third-order valence-electron chi connectivity index (χ3n) is 17.5. The Labute approximate surface area is 458 Å². The van der Waals surface area contributed by atoms with Crippen LogP contribution in [0.4, 0.5) is 17.1 Å². The number of hydrogen-bond acceptors (Lipinski definition) is 2. The molecule has 0 unspecified atom stereocenters. The summed E-state index contributed by atoms with van der Waals surface area (Å²) < 4.78 is 7.74. The Morgan fingerprint density at radius 2 is 0.936 bits per heavy atom. The molecule has 2 aliphatic carbocycles. The Bertz CT molecular complexity index is 4760. The normalized spacial score (nSPS) is 13.8. The van der Waals surface area contributed by atoms with Crippen molar-refractivity contribution in [2.75, 3.05) is 4.90 Å². The predicted molar refractivity (Wildman–Crippen MR) is 331 cm³/mol. The molecule has 3 aromatic heterocycles. The number of fused-ring (bicyclic) bond motifs is 15. The van der Waals surface area contributed by atoms with Gasteiger partial charge in [-0.05, 0) is 141 Å². The summed E-state index contributed by atoms with van der Waals surface area (Å²) in [7, 11) is 0. The van der Waals surface area contributed by atoms with Gasteiger partial charge in [0, 0.05) is 81.2 Å². The zero-order chi connectivity index (χ0) is 52.0. The smallest absolute Gasteiger partial charge is 0.0638 e. The van der Waals surface area contributed by atoms with Crippen molar-refractivity contribution in [1.82, 2.24) is 9.13 Å². The van der Waals surface area contributed by atoms with E-state index >= 15 is 0 Å². The van der Waals surface area contributed by atoms with Gasteiger partial charge in [-0.15, -0.1) is 11.3 Å². The van der Waals surface area contributed by atoms with Gasteiger partial charge in [0.15, 0.2) is 0 Å². The number of anilines is 3. The van der Waals surface area contributed by atoms with E-state index in [1.165, 1.54) is 120 Å². The Hall–Kier alpha value is -9.22. The van der Waals surface area contributed by atoms with Crippen LogP contribution in [0.2, 0.25) is 0 Å². The van der Waals surface area contributed by atoms with Crippen LogP contribution in [-0.4, -0.2) is 9.13 Å². The lowest BCUT2D eigenvalue weighted by atomic mass is 9.81. The molecule has 14 aromatic rings. The first kappa shape index (κ1) is 45.0. The largest absolute Gasteiger partial charge is 0.310 e. The van der Waals surface area contributed by atoms with Crippen LogP contribution in [-0.2, 0) is 10.8 Å². The van der Waals surface area contributed by atoms with Crippen LogP contribution in [0.5, 0.6) is 0 Å². The van der Waals surface area contributed by atoms with Crippen molar-refractivity contribution in [2.24, 2.45) is 0 Å². The van der Waals surface area contributed by atoms with E-state index in [2.05, 4.69) is 290 Å². The van der Waals surface area contributed by atoms with Crippen molar-refractivity contribution in [2.45, 2.75) is 38.5 Å². The van der Waals surface area contributed by atoms with Crippen LogP contribution < -0.4 is 4.90 Å². The molecule has 0 aliphatic heterocycles. The highest BCUT2D eigenvalue weighted by Crippen LogP contribution is 2.56. The molecule has 4 heteroatoms. The highest BCUT2D eigenvalue weighted by atomic mass is 32.1. The van der Waals surface area contributed by atoms with Crippen molar-refractivity contribution in [3.8, 4) is 56.0 Å². The fraction of sp³-hybridized carbons (Fsp3) is 0.0811. The minimum absolute atomic E-state index is 0.138. The second kappa shape index (κ2) is 16.6. The van der Waals surface area contributed by atoms with Crippen LogP contribution in [0.3, 0.4) is 0 Å². The summed E-state index contributed by atoms with van der Waals surface area (Å²) in [4.78, 5) is 2.43. The van der Waals surface area contributed by atoms with E-state index in [1.807, 2.05) is 11.3 Å². The lowest BCUT2D eigenvalue weighted by Crippen LogP contribution is -2.16. The molecular formula is C74H53N3S. The first-order valence-electron chi connectivity index (χ1n) is 27.2. The van der Waals surface area contributed by atoms with Gasteiger partial charge in [0.25, 0.3) is 0 Å². The topological polar surface area (TPSA) is 13.1 Å². The van der Waals surface area contributed by atoms with Crippen LogP contribution >= 0.6 is 11.3 Å². The Morgan fingerprint density at radius 1 is 0.359 bits per heavy atom. The maximum absolute atomic E-state index is 2.59. The van der Waals surface area contributed by atoms with E-state index in [0.29, 0.717) is 0 Å². The second-order valence-electron chi connectivity index (χ2n) is 22.4. The van der Waals surface area contributed by atoms with Crippen molar-refractivity contribution in [3.05, 3.63) is 271 Å². The zero-order valence-corrected chi connectivity index (χ0v) is 44.7. The first-order chi connectivity index (χ1) is 38.2. The Balaban J connectivity index is 0.927. The van der Waals surface area contributed by atoms with Gasteiger partial charge in [-0.2, -0.15) is 0 Å². The van der Waals surface area contributed by atoms with Crippen LogP contribution in [0.1, 0.15) is 49.9 Å². The van der Waals surface area contributed by atoms with Gasteiger partial charge >= 0.3 is 0 Å². The summed E-state index contributed by atoms with van der Waals surface area (Å²) in [5, 5.41) is 6.40.